The Balaban J connectivity index is 1.70. The van der Waals surface area contributed by atoms with Gasteiger partial charge in [-0.25, -0.2) is 27.5 Å². The maximum Gasteiger partial charge on any atom is 0.266 e. The second kappa shape index (κ2) is 9.03. The highest BCUT2D eigenvalue weighted by Crippen LogP contribution is 2.41. The third-order valence-corrected chi connectivity index (χ3v) is 6.72. The van der Waals surface area contributed by atoms with Crippen molar-refractivity contribution in [1.82, 2.24) is 14.5 Å². The Hall–Kier alpha value is -2.92. The third-order valence-electron chi connectivity index (χ3n) is 6.72. The summed E-state index contributed by atoms with van der Waals surface area (Å²) in [6, 6.07) is 0.0948. The van der Waals surface area contributed by atoms with Crippen molar-refractivity contribution >= 4 is 16.9 Å². The standard InChI is InChI=1S/C23H26F4N4O3/c1-4-9(2)16-10(3)14(5-11(18(16)25)21(26)27)34-15-6-13(19(32)20(15)33)31-7-12(24)17-22(28)29-8-30-23(17)31/h5,7-9,13,15,19-21,32-33H,4,6H2,1-3H3,(H2,28,29,30). The zero-order valence-corrected chi connectivity index (χ0v) is 18.8. The van der Waals surface area contributed by atoms with Crippen LogP contribution in [0.2, 0.25) is 0 Å². The van der Waals surface area contributed by atoms with Gasteiger partial charge in [0.05, 0.1) is 17.0 Å². The fraction of sp³-hybridized carbons (Fsp3) is 0.478. The van der Waals surface area contributed by atoms with Crippen molar-refractivity contribution in [2.45, 2.75) is 70.3 Å². The van der Waals surface area contributed by atoms with Crippen LogP contribution in [0.4, 0.5) is 23.4 Å². The highest BCUT2D eigenvalue weighted by Gasteiger charge is 2.45. The molecule has 7 nitrogen and oxygen atoms in total. The minimum Gasteiger partial charge on any atom is -0.487 e. The van der Waals surface area contributed by atoms with Gasteiger partial charge in [0.15, 0.2) is 5.82 Å². The van der Waals surface area contributed by atoms with Crippen LogP contribution in [0, 0.1) is 18.6 Å². The highest BCUT2D eigenvalue weighted by atomic mass is 19.3. The first-order valence-corrected chi connectivity index (χ1v) is 11.0. The minimum absolute atomic E-state index is 0.000913. The van der Waals surface area contributed by atoms with Gasteiger partial charge in [0.2, 0.25) is 0 Å². The first-order valence-electron chi connectivity index (χ1n) is 11.0. The zero-order valence-electron chi connectivity index (χ0n) is 18.8. The average molecular weight is 482 g/mol. The molecule has 0 spiro atoms. The molecule has 0 saturated heterocycles. The number of hydrogen-bond acceptors (Lipinski definition) is 6. The number of ether oxygens (including phenoxy) is 1. The Labute approximate surface area is 193 Å². The number of anilines is 1. The molecule has 1 aliphatic carbocycles. The van der Waals surface area contributed by atoms with Gasteiger partial charge in [0.25, 0.3) is 6.43 Å². The van der Waals surface area contributed by atoms with E-state index >= 15 is 0 Å². The number of aromatic nitrogens is 3. The smallest absolute Gasteiger partial charge is 0.266 e. The van der Waals surface area contributed by atoms with Crippen molar-refractivity contribution in [3.63, 3.8) is 0 Å². The van der Waals surface area contributed by atoms with Gasteiger partial charge < -0.3 is 25.3 Å². The average Bonchev–Trinajstić information content (AvgIpc) is 3.27. The van der Waals surface area contributed by atoms with E-state index in [9.17, 15) is 27.8 Å². The molecule has 1 saturated carbocycles. The second-order valence-corrected chi connectivity index (χ2v) is 8.71. The lowest BCUT2D eigenvalue weighted by molar-refractivity contribution is -0.0167. The molecular formula is C23H26F4N4O3. The van der Waals surface area contributed by atoms with E-state index in [4.69, 9.17) is 10.5 Å². The predicted octanol–water partition coefficient (Wildman–Crippen LogP) is 4.17. The minimum atomic E-state index is -3.06. The van der Waals surface area contributed by atoms with Gasteiger partial charge in [-0.1, -0.05) is 13.8 Å². The number of nitrogen functional groups attached to an aromatic ring is 1. The third kappa shape index (κ3) is 3.86. The van der Waals surface area contributed by atoms with E-state index in [2.05, 4.69) is 9.97 Å². The first-order chi connectivity index (χ1) is 16.1. The normalized spacial score (nSPS) is 23.7. The van der Waals surface area contributed by atoms with Gasteiger partial charge in [-0.05, 0) is 36.5 Å². The Bertz CT molecular complexity index is 1220. The number of nitrogens with zero attached hydrogens (tertiary/aromatic N) is 3. The Morgan fingerprint density at radius 1 is 1.24 bits per heavy atom. The number of fused-ring (bicyclic) bond motifs is 1. The Morgan fingerprint density at radius 2 is 1.94 bits per heavy atom. The molecule has 2 heterocycles. The molecule has 1 aliphatic rings. The van der Waals surface area contributed by atoms with Crippen molar-refractivity contribution in [3.05, 3.63) is 46.9 Å². The van der Waals surface area contributed by atoms with Crippen LogP contribution in [0.1, 0.15) is 61.8 Å². The molecule has 2 aromatic heterocycles. The zero-order chi connectivity index (χ0) is 24.9. The molecule has 5 atom stereocenters. The Kier molecular flexibility index (Phi) is 6.43. The first kappa shape index (κ1) is 24.2. The maximum absolute atomic E-state index is 14.8. The van der Waals surface area contributed by atoms with Gasteiger partial charge in [-0.3, -0.25) is 0 Å². The van der Waals surface area contributed by atoms with Crippen molar-refractivity contribution in [2.75, 3.05) is 5.73 Å². The summed E-state index contributed by atoms with van der Waals surface area (Å²) >= 11 is 0. The molecule has 4 rings (SSSR count). The van der Waals surface area contributed by atoms with Gasteiger partial charge in [-0.15, -0.1) is 0 Å². The lowest BCUT2D eigenvalue weighted by Crippen LogP contribution is -2.34. The van der Waals surface area contributed by atoms with Crippen LogP contribution in [0.25, 0.3) is 11.0 Å². The molecule has 184 valence electrons. The SMILES string of the molecule is CCC(C)c1c(C)c(OC2CC(n3cc(F)c4c(N)ncnc43)C(O)C2O)cc(C(F)F)c1F. The van der Waals surface area contributed by atoms with E-state index < -0.39 is 48.0 Å². The number of nitrogens with two attached hydrogens (primary N) is 1. The molecule has 1 fully saturated rings. The molecule has 0 aliphatic heterocycles. The molecule has 3 aromatic rings. The van der Waals surface area contributed by atoms with Crippen LogP contribution in [-0.2, 0) is 0 Å². The number of alkyl halides is 2. The monoisotopic (exact) mass is 482 g/mol. The molecule has 0 radical (unpaired) electrons. The summed E-state index contributed by atoms with van der Waals surface area (Å²) in [6.45, 7) is 5.12. The van der Waals surface area contributed by atoms with Crippen molar-refractivity contribution in [3.8, 4) is 5.75 Å². The van der Waals surface area contributed by atoms with Gasteiger partial charge in [-0.2, -0.15) is 0 Å². The van der Waals surface area contributed by atoms with E-state index in [1.165, 1.54) is 4.57 Å². The molecular weight excluding hydrogens is 456 g/mol. The second-order valence-electron chi connectivity index (χ2n) is 8.71. The fourth-order valence-corrected chi connectivity index (χ4v) is 4.68. The Morgan fingerprint density at radius 3 is 2.59 bits per heavy atom. The van der Waals surface area contributed by atoms with Gasteiger partial charge in [0.1, 0.15) is 47.7 Å². The quantitative estimate of drug-likeness (QED) is 0.456. The van der Waals surface area contributed by atoms with Crippen LogP contribution in [0.3, 0.4) is 0 Å². The van der Waals surface area contributed by atoms with Crippen LogP contribution in [0.5, 0.6) is 5.75 Å². The summed E-state index contributed by atoms with van der Waals surface area (Å²) < 4.78 is 63.7. The number of hydrogen-bond donors (Lipinski definition) is 3. The lowest BCUT2D eigenvalue weighted by atomic mass is 9.91. The van der Waals surface area contributed by atoms with Crippen molar-refractivity contribution < 1.29 is 32.5 Å². The molecule has 11 heteroatoms. The molecule has 0 bridgehead atoms. The maximum atomic E-state index is 14.8. The van der Waals surface area contributed by atoms with Crippen LogP contribution in [0.15, 0.2) is 18.6 Å². The molecule has 34 heavy (non-hydrogen) atoms. The van der Waals surface area contributed by atoms with E-state index in [-0.39, 0.29) is 40.5 Å². The molecule has 4 N–H and O–H groups in total. The fourth-order valence-electron chi connectivity index (χ4n) is 4.68. The summed E-state index contributed by atoms with van der Waals surface area (Å²) in [5.74, 6) is -2.06. The van der Waals surface area contributed by atoms with E-state index in [1.807, 2.05) is 6.92 Å². The van der Waals surface area contributed by atoms with Crippen LogP contribution in [-0.4, -0.2) is 43.1 Å². The van der Waals surface area contributed by atoms with E-state index in [0.717, 1.165) is 18.6 Å². The topological polar surface area (TPSA) is 106 Å². The summed E-state index contributed by atoms with van der Waals surface area (Å²) in [7, 11) is 0. The number of halogens is 4. The number of rotatable bonds is 6. The van der Waals surface area contributed by atoms with E-state index in [1.54, 1.807) is 13.8 Å². The molecule has 0 amide bonds. The summed E-state index contributed by atoms with van der Waals surface area (Å²) in [5, 5.41) is 21.4. The van der Waals surface area contributed by atoms with Crippen LogP contribution < -0.4 is 10.5 Å². The lowest BCUT2D eigenvalue weighted by Gasteiger charge is -2.24. The van der Waals surface area contributed by atoms with Gasteiger partial charge >= 0.3 is 0 Å². The molecule has 5 unspecified atom stereocenters. The summed E-state index contributed by atoms with van der Waals surface area (Å²) in [6.07, 6.45) is -4.09. The number of aliphatic hydroxyl groups excluding tert-OH is 2. The van der Waals surface area contributed by atoms with E-state index in [0.29, 0.717) is 12.0 Å². The van der Waals surface area contributed by atoms with Crippen LogP contribution >= 0.6 is 0 Å². The summed E-state index contributed by atoms with van der Waals surface area (Å²) in [5.41, 5.74) is 5.57. The predicted molar refractivity (Wildman–Crippen MR) is 117 cm³/mol. The molecule has 1 aromatic carbocycles. The highest BCUT2D eigenvalue weighted by molar-refractivity contribution is 5.86. The number of aliphatic hydroxyl groups is 2. The largest absolute Gasteiger partial charge is 0.487 e. The van der Waals surface area contributed by atoms with Crippen molar-refractivity contribution in [2.24, 2.45) is 0 Å². The summed E-state index contributed by atoms with van der Waals surface area (Å²) in [4.78, 5) is 7.81. The number of benzene rings is 1. The van der Waals surface area contributed by atoms with Crippen molar-refractivity contribution in [1.29, 1.82) is 0 Å². The van der Waals surface area contributed by atoms with Gasteiger partial charge in [0, 0.05) is 12.6 Å².